The minimum Gasteiger partial charge on any atom is -0.351 e. The number of nitrogens with one attached hydrogen (secondary N) is 1. The summed E-state index contributed by atoms with van der Waals surface area (Å²) in [5, 5.41) is 3.23. The van der Waals surface area contributed by atoms with Crippen molar-refractivity contribution in [3.05, 3.63) is 35.9 Å². The van der Waals surface area contributed by atoms with Gasteiger partial charge >= 0.3 is 0 Å². The summed E-state index contributed by atoms with van der Waals surface area (Å²) in [4.78, 5) is 27.5. The van der Waals surface area contributed by atoms with Gasteiger partial charge in [0.25, 0.3) is 0 Å². The second kappa shape index (κ2) is 6.58. The van der Waals surface area contributed by atoms with E-state index >= 15 is 0 Å². The lowest BCUT2D eigenvalue weighted by Crippen LogP contribution is -2.62. The van der Waals surface area contributed by atoms with E-state index in [9.17, 15) is 9.59 Å². The van der Waals surface area contributed by atoms with Gasteiger partial charge in [-0.2, -0.15) is 0 Å². The molecule has 1 saturated heterocycles. The normalized spacial score (nSPS) is 28.2. The second-order valence-electron chi connectivity index (χ2n) is 7.51. The van der Waals surface area contributed by atoms with Crippen LogP contribution in [0.25, 0.3) is 0 Å². The first-order valence-corrected chi connectivity index (χ1v) is 9.43. The summed E-state index contributed by atoms with van der Waals surface area (Å²) in [6.45, 7) is 0. The molecule has 3 aliphatic rings. The van der Waals surface area contributed by atoms with Crippen LogP contribution in [0.15, 0.2) is 30.3 Å². The first-order valence-electron chi connectivity index (χ1n) is 9.43. The van der Waals surface area contributed by atoms with Gasteiger partial charge in [-0.3, -0.25) is 9.59 Å². The third kappa shape index (κ3) is 2.72. The van der Waals surface area contributed by atoms with E-state index < -0.39 is 6.04 Å². The highest BCUT2D eigenvalue weighted by Gasteiger charge is 2.54. The van der Waals surface area contributed by atoms with Crippen molar-refractivity contribution >= 4 is 11.8 Å². The summed E-state index contributed by atoms with van der Waals surface area (Å²) in [7, 11) is 0. The second-order valence-corrected chi connectivity index (χ2v) is 7.51. The quantitative estimate of drug-likeness (QED) is 0.864. The Labute approximate surface area is 143 Å². The average molecular weight is 326 g/mol. The van der Waals surface area contributed by atoms with E-state index in [-0.39, 0.29) is 29.8 Å². The van der Waals surface area contributed by atoms with Gasteiger partial charge in [0.05, 0.1) is 5.92 Å². The Bertz CT molecular complexity index is 609. The van der Waals surface area contributed by atoms with Gasteiger partial charge in [-0.05, 0) is 31.2 Å². The van der Waals surface area contributed by atoms with Gasteiger partial charge < -0.3 is 10.2 Å². The van der Waals surface area contributed by atoms with Crippen molar-refractivity contribution in [1.29, 1.82) is 0 Å². The maximum absolute atomic E-state index is 13.1. The maximum Gasteiger partial charge on any atom is 0.247 e. The predicted molar refractivity (Wildman–Crippen MR) is 92.2 cm³/mol. The first-order chi connectivity index (χ1) is 11.8. The predicted octanol–water partition coefficient (Wildman–Crippen LogP) is 3.19. The number of nitrogens with zero attached hydrogens (tertiary/aromatic N) is 1. The topological polar surface area (TPSA) is 49.4 Å². The molecule has 3 atom stereocenters. The highest BCUT2D eigenvalue weighted by molar-refractivity contribution is 5.94. The van der Waals surface area contributed by atoms with Crippen LogP contribution in [0.1, 0.15) is 63.0 Å². The largest absolute Gasteiger partial charge is 0.351 e. The number of β-lactam (4-membered cyclic amide) rings is 1. The van der Waals surface area contributed by atoms with E-state index in [1.54, 1.807) is 0 Å². The monoisotopic (exact) mass is 326 g/mol. The van der Waals surface area contributed by atoms with E-state index in [2.05, 4.69) is 5.32 Å². The molecule has 1 unspecified atom stereocenters. The minimum atomic E-state index is -0.458. The van der Waals surface area contributed by atoms with Crippen molar-refractivity contribution in [2.75, 3.05) is 0 Å². The van der Waals surface area contributed by atoms with Crippen molar-refractivity contribution in [2.45, 2.75) is 69.5 Å². The highest BCUT2D eigenvalue weighted by atomic mass is 16.2. The van der Waals surface area contributed by atoms with Crippen LogP contribution in [0.4, 0.5) is 0 Å². The summed E-state index contributed by atoms with van der Waals surface area (Å²) in [5.74, 6) is 0.343. The van der Waals surface area contributed by atoms with Crippen molar-refractivity contribution in [1.82, 2.24) is 10.2 Å². The molecule has 0 bridgehead atoms. The fraction of sp³-hybridized carbons (Fsp3) is 0.600. The van der Waals surface area contributed by atoms with Gasteiger partial charge in [-0.25, -0.2) is 0 Å². The number of benzene rings is 1. The zero-order valence-corrected chi connectivity index (χ0v) is 14.1. The van der Waals surface area contributed by atoms with Crippen LogP contribution in [0, 0.1) is 5.92 Å². The van der Waals surface area contributed by atoms with Crippen LogP contribution >= 0.6 is 0 Å². The number of likely N-dealkylation sites (tertiary alicyclic amines) is 1. The SMILES string of the molecule is O=C(NC1CCCCC1)C(c1ccccc1)N1C(=O)[C@@H]2CCC[C@@H]21. The van der Waals surface area contributed by atoms with E-state index in [0.717, 1.165) is 37.7 Å². The van der Waals surface area contributed by atoms with Gasteiger partial charge in [0.1, 0.15) is 6.04 Å². The molecule has 2 saturated carbocycles. The molecule has 4 rings (SSSR count). The van der Waals surface area contributed by atoms with Crippen LogP contribution in [0.3, 0.4) is 0 Å². The lowest BCUT2D eigenvalue weighted by Gasteiger charge is -2.48. The standard InChI is InChI=1S/C20H26N2O2/c23-19(21-15-10-5-2-6-11-15)18(14-8-3-1-4-9-14)22-17-13-7-12-16(17)20(22)24/h1,3-4,8-9,15-18H,2,5-7,10-13H2,(H,21,23)/t16-,17+,18?/m1/s1. The molecule has 2 aliphatic carbocycles. The van der Waals surface area contributed by atoms with Gasteiger partial charge in [0, 0.05) is 12.1 Å². The third-order valence-electron chi connectivity index (χ3n) is 6.00. The fourth-order valence-electron chi connectivity index (χ4n) is 4.75. The Morgan fingerprint density at radius 1 is 1.00 bits per heavy atom. The molecule has 128 valence electrons. The van der Waals surface area contributed by atoms with Gasteiger partial charge in [0.2, 0.25) is 11.8 Å². The number of carbonyl (C=O) groups excluding carboxylic acids is 2. The van der Waals surface area contributed by atoms with E-state index in [4.69, 9.17) is 0 Å². The molecule has 0 spiro atoms. The van der Waals surface area contributed by atoms with Crippen LogP contribution in [-0.2, 0) is 9.59 Å². The minimum absolute atomic E-state index is 0.00630. The van der Waals surface area contributed by atoms with E-state index in [0.29, 0.717) is 0 Å². The number of hydrogen-bond donors (Lipinski definition) is 1. The lowest BCUT2D eigenvalue weighted by atomic mass is 9.86. The van der Waals surface area contributed by atoms with Crippen molar-refractivity contribution in [2.24, 2.45) is 5.92 Å². The lowest BCUT2D eigenvalue weighted by molar-refractivity contribution is -0.163. The van der Waals surface area contributed by atoms with Gasteiger partial charge in [-0.15, -0.1) is 0 Å². The van der Waals surface area contributed by atoms with Crippen LogP contribution in [-0.4, -0.2) is 28.8 Å². The van der Waals surface area contributed by atoms with Crippen LogP contribution in [0.2, 0.25) is 0 Å². The summed E-state index contributed by atoms with van der Waals surface area (Å²) in [5.41, 5.74) is 0.935. The van der Waals surface area contributed by atoms with Crippen molar-refractivity contribution in [3.63, 3.8) is 0 Å². The molecule has 1 aliphatic heterocycles. The van der Waals surface area contributed by atoms with E-state index in [1.165, 1.54) is 19.3 Å². The summed E-state index contributed by atoms with van der Waals surface area (Å²) >= 11 is 0. The Balaban J connectivity index is 1.56. The summed E-state index contributed by atoms with van der Waals surface area (Å²) in [6, 6.07) is 9.88. The molecule has 3 fully saturated rings. The van der Waals surface area contributed by atoms with Gasteiger partial charge in [-0.1, -0.05) is 56.0 Å². The molecule has 4 heteroatoms. The number of rotatable bonds is 4. The molecule has 1 aromatic carbocycles. The molecule has 2 amide bonds. The van der Waals surface area contributed by atoms with Gasteiger partial charge in [0.15, 0.2) is 0 Å². The number of hydrogen-bond acceptors (Lipinski definition) is 2. The molecule has 1 heterocycles. The fourth-order valence-corrected chi connectivity index (χ4v) is 4.75. The molecule has 0 radical (unpaired) electrons. The molecular formula is C20H26N2O2. The molecule has 0 aromatic heterocycles. The number of amides is 2. The molecule has 24 heavy (non-hydrogen) atoms. The third-order valence-corrected chi connectivity index (χ3v) is 6.00. The number of carbonyl (C=O) groups is 2. The molecule has 1 aromatic rings. The Morgan fingerprint density at radius 2 is 1.75 bits per heavy atom. The zero-order chi connectivity index (χ0) is 16.5. The van der Waals surface area contributed by atoms with Crippen LogP contribution < -0.4 is 5.32 Å². The van der Waals surface area contributed by atoms with E-state index in [1.807, 2.05) is 35.2 Å². The average Bonchev–Trinajstić information content (AvgIpc) is 3.05. The highest BCUT2D eigenvalue weighted by Crippen LogP contribution is 2.45. The molecule has 4 nitrogen and oxygen atoms in total. The number of fused-ring (bicyclic) bond motifs is 1. The van der Waals surface area contributed by atoms with Crippen molar-refractivity contribution in [3.8, 4) is 0 Å². The maximum atomic E-state index is 13.1. The first kappa shape index (κ1) is 15.7. The Kier molecular flexibility index (Phi) is 4.30. The molecule has 1 N–H and O–H groups in total. The smallest absolute Gasteiger partial charge is 0.247 e. The zero-order valence-electron chi connectivity index (χ0n) is 14.1. The Morgan fingerprint density at radius 3 is 2.50 bits per heavy atom. The molecular weight excluding hydrogens is 300 g/mol. The Hall–Kier alpha value is -1.84. The van der Waals surface area contributed by atoms with Crippen molar-refractivity contribution < 1.29 is 9.59 Å². The summed E-state index contributed by atoms with van der Waals surface area (Å²) < 4.78 is 0. The summed E-state index contributed by atoms with van der Waals surface area (Å²) in [6.07, 6.45) is 8.90. The van der Waals surface area contributed by atoms with Crippen LogP contribution in [0.5, 0.6) is 0 Å².